The van der Waals surface area contributed by atoms with Crippen LogP contribution in [0.15, 0.2) is 42.5 Å². The number of piperazine rings is 1. The van der Waals surface area contributed by atoms with Gasteiger partial charge in [0.1, 0.15) is 0 Å². The van der Waals surface area contributed by atoms with Gasteiger partial charge in [-0.15, -0.1) is 0 Å². The molecule has 1 fully saturated rings. The van der Waals surface area contributed by atoms with E-state index in [1.165, 1.54) is 0 Å². The maximum atomic E-state index is 12.8. The van der Waals surface area contributed by atoms with E-state index in [0.717, 1.165) is 21.6 Å². The first-order valence-electron chi connectivity index (χ1n) is 8.97. The molecule has 1 aromatic heterocycles. The van der Waals surface area contributed by atoms with Crippen molar-refractivity contribution < 1.29 is 13.2 Å². The molecule has 0 atom stereocenters. The van der Waals surface area contributed by atoms with E-state index in [1.54, 1.807) is 40.5 Å². The number of aromatic nitrogens is 1. The highest BCUT2D eigenvalue weighted by Gasteiger charge is 2.24. The van der Waals surface area contributed by atoms with Gasteiger partial charge in [-0.2, -0.15) is 0 Å². The van der Waals surface area contributed by atoms with E-state index in [0.29, 0.717) is 42.5 Å². The largest absolute Gasteiger partial charge is 0.345 e. The second-order valence-corrected chi connectivity index (χ2v) is 10.0. The van der Waals surface area contributed by atoms with Crippen LogP contribution >= 0.6 is 22.9 Å². The zero-order valence-corrected chi connectivity index (χ0v) is 18.0. The average Bonchev–Trinajstić information content (AvgIpc) is 3.10. The van der Waals surface area contributed by atoms with Gasteiger partial charge < -0.3 is 9.80 Å². The number of benzene rings is 2. The van der Waals surface area contributed by atoms with Gasteiger partial charge >= 0.3 is 0 Å². The summed E-state index contributed by atoms with van der Waals surface area (Å²) in [4.78, 5) is 21.4. The summed E-state index contributed by atoms with van der Waals surface area (Å²) in [6.45, 7) is 2.59. The molecule has 0 aliphatic carbocycles. The Labute approximate surface area is 178 Å². The van der Waals surface area contributed by atoms with Crippen molar-refractivity contribution in [2.75, 3.05) is 42.1 Å². The number of rotatable bonds is 4. The molecule has 0 bridgehead atoms. The van der Waals surface area contributed by atoms with Gasteiger partial charge in [0, 0.05) is 42.5 Å². The number of carbonyl (C=O) groups excluding carboxylic acids is 1. The Balaban J connectivity index is 1.40. The van der Waals surface area contributed by atoms with Crippen molar-refractivity contribution in [1.29, 1.82) is 0 Å². The predicted octanol–water partition coefficient (Wildman–Crippen LogP) is 3.28. The van der Waals surface area contributed by atoms with Crippen LogP contribution in [0.25, 0.3) is 10.2 Å². The van der Waals surface area contributed by atoms with Crippen molar-refractivity contribution in [3.63, 3.8) is 0 Å². The normalized spacial score (nSPS) is 15.0. The van der Waals surface area contributed by atoms with Crippen molar-refractivity contribution in [2.45, 2.75) is 0 Å². The Morgan fingerprint density at radius 3 is 2.45 bits per heavy atom. The Morgan fingerprint density at radius 1 is 1.10 bits per heavy atom. The topological polar surface area (TPSA) is 82.6 Å². The Kier molecular flexibility index (Phi) is 5.37. The molecule has 2 heterocycles. The molecule has 1 N–H and O–H groups in total. The van der Waals surface area contributed by atoms with Crippen LogP contribution in [0.1, 0.15) is 10.4 Å². The van der Waals surface area contributed by atoms with Gasteiger partial charge in [-0.05, 0) is 42.5 Å². The summed E-state index contributed by atoms with van der Waals surface area (Å²) in [7, 11) is -3.34. The summed E-state index contributed by atoms with van der Waals surface area (Å²) in [6, 6.07) is 12.1. The summed E-state index contributed by atoms with van der Waals surface area (Å²) in [5.41, 5.74) is 1.90. The number of anilines is 2. The van der Waals surface area contributed by atoms with Crippen LogP contribution in [-0.2, 0) is 10.0 Å². The highest BCUT2D eigenvalue weighted by Crippen LogP contribution is 2.31. The van der Waals surface area contributed by atoms with Gasteiger partial charge in [0.05, 0.1) is 16.5 Å². The number of hydrogen-bond acceptors (Lipinski definition) is 6. The van der Waals surface area contributed by atoms with Gasteiger partial charge in [0.15, 0.2) is 5.13 Å². The van der Waals surface area contributed by atoms with E-state index in [9.17, 15) is 13.2 Å². The smallest absolute Gasteiger partial charge is 0.253 e. The molecule has 0 unspecified atom stereocenters. The maximum Gasteiger partial charge on any atom is 0.253 e. The summed E-state index contributed by atoms with van der Waals surface area (Å²) >= 11 is 7.66. The quantitative estimate of drug-likeness (QED) is 0.659. The minimum absolute atomic E-state index is 0.0633. The van der Waals surface area contributed by atoms with Crippen molar-refractivity contribution in [2.24, 2.45) is 0 Å². The van der Waals surface area contributed by atoms with Crippen molar-refractivity contribution in [3.05, 3.63) is 53.1 Å². The number of nitrogens with one attached hydrogen (secondary N) is 1. The fraction of sp³-hybridized carbons (Fsp3) is 0.263. The number of halogens is 1. The number of fused-ring (bicyclic) bond motifs is 1. The van der Waals surface area contributed by atoms with Crippen LogP contribution in [0.3, 0.4) is 0 Å². The van der Waals surface area contributed by atoms with Gasteiger partial charge in [0.25, 0.3) is 5.91 Å². The highest BCUT2D eigenvalue weighted by atomic mass is 35.5. The van der Waals surface area contributed by atoms with Crippen molar-refractivity contribution in [3.8, 4) is 0 Å². The molecule has 1 aliphatic rings. The fourth-order valence-electron chi connectivity index (χ4n) is 3.20. The van der Waals surface area contributed by atoms with Crippen LogP contribution in [0.2, 0.25) is 5.02 Å². The number of hydrogen-bond donors (Lipinski definition) is 1. The lowest BCUT2D eigenvalue weighted by Crippen LogP contribution is -2.48. The van der Waals surface area contributed by atoms with E-state index >= 15 is 0 Å². The van der Waals surface area contributed by atoms with Gasteiger partial charge in [-0.25, -0.2) is 13.4 Å². The standard InChI is InChI=1S/C19H19ClN4O3S2/c1-29(26,27)22-15-5-2-13(3-6-15)18(25)23-8-10-24(11-9-23)19-21-16-7-4-14(20)12-17(16)28-19/h2-7,12,22H,8-11H2,1H3. The van der Waals surface area contributed by atoms with Crippen LogP contribution in [-0.4, -0.2) is 56.6 Å². The number of nitrogens with zero attached hydrogens (tertiary/aromatic N) is 3. The van der Waals surface area contributed by atoms with Crippen LogP contribution in [0.5, 0.6) is 0 Å². The molecule has 152 valence electrons. The SMILES string of the molecule is CS(=O)(=O)Nc1ccc(C(=O)N2CCN(c3nc4ccc(Cl)cc4s3)CC2)cc1. The summed E-state index contributed by atoms with van der Waals surface area (Å²) in [6.07, 6.45) is 1.09. The third-order valence-electron chi connectivity index (χ3n) is 4.61. The molecular formula is C19H19ClN4O3S2. The number of amides is 1. The van der Waals surface area contributed by atoms with Crippen LogP contribution < -0.4 is 9.62 Å². The molecule has 1 saturated heterocycles. The molecular weight excluding hydrogens is 432 g/mol. The summed E-state index contributed by atoms with van der Waals surface area (Å²) in [5.74, 6) is -0.0633. The first-order valence-corrected chi connectivity index (χ1v) is 12.1. The van der Waals surface area contributed by atoms with Crippen molar-refractivity contribution in [1.82, 2.24) is 9.88 Å². The number of carbonyl (C=O) groups is 1. The summed E-state index contributed by atoms with van der Waals surface area (Å²) < 4.78 is 26.0. The molecule has 1 aliphatic heterocycles. The van der Waals surface area contributed by atoms with E-state index in [-0.39, 0.29) is 5.91 Å². The van der Waals surface area contributed by atoms with E-state index < -0.39 is 10.0 Å². The second kappa shape index (κ2) is 7.81. The zero-order valence-electron chi connectivity index (χ0n) is 15.6. The molecule has 2 aromatic carbocycles. The van der Waals surface area contributed by atoms with E-state index in [1.807, 2.05) is 18.2 Å². The van der Waals surface area contributed by atoms with E-state index in [2.05, 4.69) is 14.6 Å². The van der Waals surface area contributed by atoms with Crippen LogP contribution in [0, 0.1) is 0 Å². The maximum absolute atomic E-state index is 12.8. The molecule has 1 amide bonds. The van der Waals surface area contributed by atoms with Gasteiger partial charge in [0.2, 0.25) is 10.0 Å². The third kappa shape index (κ3) is 4.63. The average molecular weight is 451 g/mol. The lowest BCUT2D eigenvalue weighted by molar-refractivity contribution is 0.0747. The molecule has 0 radical (unpaired) electrons. The Morgan fingerprint density at radius 2 is 1.79 bits per heavy atom. The minimum atomic E-state index is -3.34. The second-order valence-electron chi connectivity index (χ2n) is 6.84. The first-order chi connectivity index (χ1) is 13.8. The minimum Gasteiger partial charge on any atom is -0.345 e. The van der Waals surface area contributed by atoms with Gasteiger partial charge in [-0.3, -0.25) is 9.52 Å². The number of thiazole rings is 1. The third-order valence-corrected chi connectivity index (χ3v) is 6.53. The van der Waals surface area contributed by atoms with Crippen molar-refractivity contribution >= 4 is 59.9 Å². The zero-order chi connectivity index (χ0) is 20.6. The predicted molar refractivity (Wildman–Crippen MR) is 118 cm³/mol. The van der Waals surface area contributed by atoms with Crippen LogP contribution in [0.4, 0.5) is 10.8 Å². The molecule has 4 rings (SSSR count). The molecule has 0 spiro atoms. The monoisotopic (exact) mass is 450 g/mol. The molecule has 3 aromatic rings. The Bertz CT molecular complexity index is 1150. The molecule has 10 heteroatoms. The highest BCUT2D eigenvalue weighted by molar-refractivity contribution is 7.92. The van der Waals surface area contributed by atoms with E-state index in [4.69, 9.17) is 11.6 Å². The molecule has 7 nitrogen and oxygen atoms in total. The molecule has 29 heavy (non-hydrogen) atoms. The lowest BCUT2D eigenvalue weighted by Gasteiger charge is -2.34. The lowest BCUT2D eigenvalue weighted by atomic mass is 10.1. The molecule has 0 saturated carbocycles. The fourth-order valence-corrected chi connectivity index (χ4v) is 5.06. The number of sulfonamides is 1. The summed E-state index contributed by atoms with van der Waals surface area (Å²) in [5, 5.41) is 1.63. The first kappa shape index (κ1) is 19.9. The van der Waals surface area contributed by atoms with Gasteiger partial charge in [-0.1, -0.05) is 22.9 Å². The Hall–Kier alpha value is -2.36.